The van der Waals surface area contributed by atoms with Gasteiger partial charge in [-0.15, -0.1) is 5.10 Å². The van der Waals surface area contributed by atoms with Gasteiger partial charge in [0.05, 0.1) is 26.6 Å². The molecule has 1 amide bonds. The number of anilines is 1. The molecule has 0 aliphatic heterocycles. The van der Waals surface area contributed by atoms with Crippen LogP contribution < -0.4 is 5.32 Å². The van der Waals surface area contributed by atoms with E-state index in [1.165, 1.54) is 30.0 Å². The topological polar surface area (TPSA) is 116 Å². The van der Waals surface area contributed by atoms with Gasteiger partial charge in [-0.2, -0.15) is 4.68 Å². The van der Waals surface area contributed by atoms with Crippen molar-refractivity contribution in [2.24, 2.45) is 0 Å². The molecular formula is C17H15ClN6O3S. The first-order valence-electron chi connectivity index (χ1n) is 8.12. The molecule has 1 aromatic heterocycles. The summed E-state index contributed by atoms with van der Waals surface area (Å²) in [5, 5.41) is 25.1. The van der Waals surface area contributed by atoms with Crippen LogP contribution in [0.25, 0.3) is 5.69 Å². The fraction of sp³-hybridized carbons (Fsp3) is 0.176. The van der Waals surface area contributed by atoms with E-state index in [4.69, 9.17) is 11.6 Å². The Morgan fingerprint density at radius 2 is 2.11 bits per heavy atom. The van der Waals surface area contributed by atoms with Gasteiger partial charge in [0.15, 0.2) is 0 Å². The number of non-ortho nitro benzene ring substituents is 1. The molecule has 2 aromatic carbocycles. The molecule has 144 valence electrons. The minimum Gasteiger partial charge on any atom is -0.324 e. The van der Waals surface area contributed by atoms with Crippen LogP contribution in [0.1, 0.15) is 12.5 Å². The summed E-state index contributed by atoms with van der Waals surface area (Å²) in [4.78, 5) is 22.7. The predicted octanol–water partition coefficient (Wildman–Crippen LogP) is 3.65. The summed E-state index contributed by atoms with van der Waals surface area (Å²) >= 11 is 7.20. The Labute approximate surface area is 169 Å². The van der Waals surface area contributed by atoms with Crippen molar-refractivity contribution in [3.05, 3.63) is 63.2 Å². The normalized spacial score (nSPS) is 11.8. The molecule has 0 radical (unpaired) electrons. The quantitative estimate of drug-likeness (QED) is 0.369. The third-order valence-electron chi connectivity index (χ3n) is 3.76. The molecule has 0 saturated carbocycles. The zero-order valence-corrected chi connectivity index (χ0v) is 16.4. The molecule has 28 heavy (non-hydrogen) atoms. The standard InChI is InChI=1S/C17H15ClN6O3S/c1-10-4-3-5-12(8-10)23-17(20-21-22-23)28-11(2)16(25)19-15-7-6-13(24(26)27)9-14(15)18/h3-9,11H,1-2H3,(H,19,25)/t11-/m0/s1. The Hall–Kier alpha value is -2.98. The van der Waals surface area contributed by atoms with Crippen molar-refractivity contribution in [2.45, 2.75) is 24.3 Å². The highest BCUT2D eigenvalue weighted by Crippen LogP contribution is 2.28. The van der Waals surface area contributed by atoms with Crippen molar-refractivity contribution in [3.8, 4) is 5.69 Å². The lowest BCUT2D eigenvalue weighted by Gasteiger charge is -2.12. The van der Waals surface area contributed by atoms with E-state index in [1.807, 2.05) is 31.2 Å². The van der Waals surface area contributed by atoms with Crippen LogP contribution in [0.2, 0.25) is 5.02 Å². The Morgan fingerprint density at radius 1 is 1.32 bits per heavy atom. The van der Waals surface area contributed by atoms with Crippen molar-refractivity contribution in [1.82, 2.24) is 20.2 Å². The SMILES string of the molecule is Cc1cccc(-n2nnnc2S[C@@H](C)C(=O)Nc2ccc([N+](=O)[O-])cc2Cl)c1. The molecule has 3 rings (SSSR count). The number of aryl methyl sites for hydroxylation is 1. The number of nitrogens with one attached hydrogen (secondary N) is 1. The van der Waals surface area contributed by atoms with Crippen LogP contribution >= 0.6 is 23.4 Å². The zero-order valence-electron chi connectivity index (χ0n) is 14.9. The van der Waals surface area contributed by atoms with E-state index < -0.39 is 10.2 Å². The molecule has 11 heteroatoms. The Kier molecular flexibility index (Phi) is 5.90. The molecule has 3 aromatic rings. The molecule has 1 atom stereocenters. The molecule has 0 unspecified atom stereocenters. The average Bonchev–Trinajstić information content (AvgIpc) is 3.11. The highest BCUT2D eigenvalue weighted by molar-refractivity contribution is 8.00. The van der Waals surface area contributed by atoms with Crippen molar-refractivity contribution < 1.29 is 9.72 Å². The van der Waals surface area contributed by atoms with Gasteiger partial charge in [-0.1, -0.05) is 35.5 Å². The van der Waals surface area contributed by atoms with Gasteiger partial charge in [0, 0.05) is 12.1 Å². The number of amides is 1. The average molecular weight is 419 g/mol. The van der Waals surface area contributed by atoms with Gasteiger partial charge in [0.25, 0.3) is 5.69 Å². The second-order valence-corrected chi connectivity index (χ2v) is 7.60. The molecule has 0 fully saturated rings. The van der Waals surface area contributed by atoms with Crippen LogP contribution in [-0.4, -0.2) is 36.3 Å². The van der Waals surface area contributed by atoms with Crippen LogP contribution in [0.5, 0.6) is 0 Å². The summed E-state index contributed by atoms with van der Waals surface area (Å²) in [5.41, 5.74) is 1.99. The van der Waals surface area contributed by atoms with Gasteiger partial charge in [-0.3, -0.25) is 14.9 Å². The number of hydrogen-bond acceptors (Lipinski definition) is 7. The maximum atomic E-state index is 12.5. The summed E-state index contributed by atoms with van der Waals surface area (Å²) in [6.07, 6.45) is 0. The van der Waals surface area contributed by atoms with Crippen molar-refractivity contribution in [2.75, 3.05) is 5.32 Å². The molecule has 1 N–H and O–H groups in total. The number of nitrogens with zero attached hydrogens (tertiary/aromatic N) is 5. The maximum Gasteiger partial charge on any atom is 0.271 e. The van der Waals surface area contributed by atoms with Crippen molar-refractivity contribution in [1.29, 1.82) is 0 Å². The number of aromatic nitrogens is 4. The number of tetrazole rings is 1. The molecule has 0 bridgehead atoms. The number of carbonyl (C=O) groups excluding carboxylic acids is 1. The number of thioether (sulfide) groups is 1. The lowest BCUT2D eigenvalue weighted by Crippen LogP contribution is -2.23. The third kappa shape index (κ3) is 4.46. The van der Waals surface area contributed by atoms with Crippen LogP contribution in [0.4, 0.5) is 11.4 Å². The molecule has 0 saturated heterocycles. The first-order chi connectivity index (χ1) is 13.3. The summed E-state index contributed by atoms with van der Waals surface area (Å²) < 4.78 is 1.56. The largest absolute Gasteiger partial charge is 0.324 e. The number of nitro benzene ring substituents is 1. The minimum atomic E-state index is -0.554. The van der Waals surface area contributed by atoms with Gasteiger partial charge >= 0.3 is 0 Å². The number of nitro groups is 1. The van der Waals surface area contributed by atoms with E-state index in [2.05, 4.69) is 20.8 Å². The molecule has 0 aliphatic rings. The first-order valence-corrected chi connectivity index (χ1v) is 9.38. The van der Waals surface area contributed by atoms with E-state index in [0.717, 1.165) is 11.3 Å². The summed E-state index contributed by atoms with van der Waals surface area (Å²) in [7, 11) is 0. The van der Waals surface area contributed by atoms with Gasteiger partial charge in [-0.25, -0.2) is 0 Å². The fourth-order valence-electron chi connectivity index (χ4n) is 2.34. The fourth-order valence-corrected chi connectivity index (χ4v) is 3.37. The lowest BCUT2D eigenvalue weighted by molar-refractivity contribution is -0.384. The van der Waals surface area contributed by atoms with Crippen LogP contribution in [0.15, 0.2) is 47.6 Å². The van der Waals surface area contributed by atoms with Crippen LogP contribution in [-0.2, 0) is 4.79 Å². The van der Waals surface area contributed by atoms with Crippen LogP contribution in [0, 0.1) is 17.0 Å². The number of halogens is 1. The van der Waals surface area contributed by atoms with Gasteiger partial charge < -0.3 is 5.32 Å². The van der Waals surface area contributed by atoms with Gasteiger partial charge in [0.2, 0.25) is 11.1 Å². The van der Waals surface area contributed by atoms with Crippen molar-refractivity contribution >= 4 is 40.6 Å². The molecule has 0 spiro atoms. The monoisotopic (exact) mass is 418 g/mol. The van der Waals surface area contributed by atoms with E-state index in [0.29, 0.717) is 10.8 Å². The van der Waals surface area contributed by atoms with Gasteiger partial charge in [-0.05, 0) is 48.0 Å². The smallest absolute Gasteiger partial charge is 0.271 e. The lowest BCUT2D eigenvalue weighted by atomic mass is 10.2. The first kappa shape index (κ1) is 19.8. The van der Waals surface area contributed by atoms with E-state index in [-0.39, 0.29) is 16.6 Å². The maximum absolute atomic E-state index is 12.5. The number of rotatable bonds is 6. The number of hydrogen-bond donors (Lipinski definition) is 1. The summed E-state index contributed by atoms with van der Waals surface area (Å²) in [5.74, 6) is -0.334. The Balaban J connectivity index is 1.72. The third-order valence-corrected chi connectivity index (χ3v) is 5.11. The summed E-state index contributed by atoms with van der Waals surface area (Å²) in [6, 6.07) is 11.5. The molecule has 9 nitrogen and oxygen atoms in total. The molecule has 1 heterocycles. The van der Waals surface area contributed by atoms with Crippen LogP contribution in [0.3, 0.4) is 0 Å². The minimum absolute atomic E-state index is 0.0874. The second kappa shape index (κ2) is 8.36. The second-order valence-electron chi connectivity index (χ2n) is 5.88. The zero-order chi connectivity index (χ0) is 20.3. The van der Waals surface area contributed by atoms with E-state index >= 15 is 0 Å². The van der Waals surface area contributed by atoms with E-state index in [1.54, 1.807) is 11.6 Å². The Morgan fingerprint density at radius 3 is 2.79 bits per heavy atom. The number of benzene rings is 2. The van der Waals surface area contributed by atoms with Crippen molar-refractivity contribution in [3.63, 3.8) is 0 Å². The van der Waals surface area contributed by atoms with E-state index in [9.17, 15) is 14.9 Å². The Bertz CT molecular complexity index is 1040. The summed E-state index contributed by atoms with van der Waals surface area (Å²) in [6.45, 7) is 3.67. The highest BCUT2D eigenvalue weighted by Gasteiger charge is 2.21. The molecule has 0 aliphatic carbocycles. The number of carbonyl (C=O) groups is 1. The van der Waals surface area contributed by atoms with Gasteiger partial charge in [0.1, 0.15) is 0 Å². The predicted molar refractivity (Wildman–Crippen MR) is 106 cm³/mol. The highest BCUT2D eigenvalue weighted by atomic mass is 35.5. The molecular weight excluding hydrogens is 404 g/mol.